The van der Waals surface area contributed by atoms with Crippen molar-refractivity contribution in [2.75, 3.05) is 4.90 Å². The second-order valence-electron chi connectivity index (χ2n) is 7.16. The molecule has 2 amide bonds. The molecule has 1 aliphatic rings. The Morgan fingerprint density at radius 2 is 2.00 bits per heavy atom. The fourth-order valence-electron chi connectivity index (χ4n) is 3.71. The summed E-state index contributed by atoms with van der Waals surface area (Å²) in [6, 6.07) is 9.86. The number of thiophene rings is 1. The van der Waals surface area contributed by atoms with E-state index < -0.39 is 17.8 Å². The van der Waals surface area contributed by atoms with Crippen LogP contribution in [0.15, 0.2) is 58.5 Å². The maximum Gasteiger partial charge on any atom is 0.295 e. The molecule has 2 aromatic heterocycles. The fourth-order valence-corrected chi connectivity index (χ4v) is 4.70. The number of hydrogen-bond acceptors (Lipinski definition) is 4. The van der Waals surface area contributed by atoms with E-state index >= 15 is 0 Å². The van der Waals surface area contributed by atoms with E-state index in [4.69, 9.17) is 16.0 Å². The lowest BCUT2D eigenvalue weighted by atomic mass is 10.1. The molecule has 4 rings (SSSR count). The molecule has 0 spiro atoms. The summed E-state index contributed by atoms with van der Waals surface area (Å²) < 4.78 is 19.1. The van der Waals surface area contributed by atoms with Crippen LogP contribution >= 0.6 is 22.9 Å². The third-order valence-corrected chi connectivity index (χ3v) is 6.37. The molecule has 3 aromatic rings. The number of carbonyl (C=O) groups excluding carboxylic acids is 2. The molecule has 30 heavy (non-hydrogen) atoms. The molecule has 1 fully saturated rings. The largest absolute Gasteiger partial charge is 0.459 e. The molecule has 5 nitrogen and oxygen atoms in total. The first kappa shape index (κ1) is 20.6. The summed E-state index contributed by atoms with van der Waals surface area (Å²) in [7, 11) is 0. The highest BCUT2D eigenvalue weighted by molar-refractivity contribution is 7.10. The van der Waals surface area contributed by atoms with Crippen LogP contribution in [0.3, 0.4) is 0 Å². The highest BCUT2D eigenvalue weighted by Crippen LogP contribution is 2.34. The van der Waals surface area contributed by atoms with Crippen LogP contribution in [0.5, 0.6) is 0 Å². The molecule has 2 heterocycles. The second-order valence-corrected chi connectivity index (χ2v) is 8.55. The predicted molar refractivity (Wildman–Crippen MR) is 114 cm³/mol. The number of furan rings is 1. The molecule has 0 saturated heterocycles. The van der Waals surface area contributed by atoms with Gasteiger partial charge in [0.15, 0.2) is 11.8 Å². The van der Waals surface area contributed by atoms with Gasteiger partial charge in [-0.25, -0.2) is 4.39 Å². The zero-order chi connectivity index (χ0) is 21.1. The van der Waals surface area contributed by atoms with E-state index in [0.29, 0.717) is 10.6 Å². The lowest BCUT2D eigenvalue weighted by Crippen LogP contribution is -2.46. The van der Waals surface area contributed by atoms with Gasteiger partial charge in [-0.3, -0.25) is 14.5 Å². The third kappa shape index (κ3) is 4.27. The van der Waals surface area contributed by atoms with E-state index in [0.717, 1.165) is 25.7 Å². The Hall–Kier alpha value is -2.64. The van der Waals surface area contributed by atoms with Crippen molar-refractivity contribution in [2.45, 2.75) is 37.8 Å². The van der Waals surface area contributed by atoms with Crippen molar-refractivity contribution in [3.8, 4) is 0 Å². The van der Waals surface area contributed by atoms with Crippen LogP contribution in [0.25, 0.3) is 0 Å². The smallest absolute Gasteiger partial charge is 0.295 e. The van der Waals surface area contributed by atoms with E-state index in [2.05, 4.69) is 5.32 Å². The molecule has 1 aromatic carbocycles. The van der Waals surface area contributed by atoms with Crippen molar-refractivity contribution in [1.29, 1.82) is 0 Å². The number of benzene rings is 1. The van der Waals surface area contributed by atoms with Gasteiger partial charge in [0.25, 0.3) is 5.91 Å². The Balaban J connectivity index is 1.78. The van der Waals surface area contributed by atoms with Crippen LogP contribution < -0.4 is 10.2 Å². The zero-order valence-corrected chi connectivity index (χ0v) is 17.6. The molecule has 0 aliphatic heterocycles. The highest BCUT2D eigenvalue weighted by atomic mass is 35.5. The SMILES string of the molecule is O=C(NC1CCCC1)[C@@H](c1cccs1)N(C(=O)c1ccco1)c1ccc(F)c(Cl)c1. The van der Waals surface area contributed by atoms with Gasteiger partial charge in [-0.05, 0) is 54.6 Å². The number of halogens is 2. The molecule has 156 valence electrons. The summed E-state index contributed by atoms with van der Waals surface area (Å²) in [5.74, 6) is -1.33. The molecule has 8 heteroatoms. The van der Waals surface area contributed by atoms with Crippen LogP contribution in [-0.4, -0.2) is 17.9 Å². The second kappa shape index (κ2) is 9.02. The molecular formula is C22H20ClFN2O3S. The van der Waals surface area contributed by atoms with Gasteiger partial charge in [-0.1, -0.05) is 30.5 Å². The van der Waals surface area contributed by atoms with Crippen LogP contribution in [0.4, 0.5) is 10.1 Å². The van der Waals surface area contributed by atoms with Gasteiger partial charge in [0, 0.05) is 16.6 Å². The average molecular weight is 447 g/mol. The van der Waals surface area contributed by atoms with Crippen molar-refractivity contribution in [3.05, 3.63) is 75.6 Å². The summed E-state index contributed by atoms with van der Waals surface area (Å²) in [6.45, 7) is 0. The first-order chi connectivity index (χ1) is 14.5. The number of hydrogen-bond donors (Lipinski definition) is 1. The van der Waals surface area contributed by atoms with E-state index in [1.807, 2.05) is 11.4 Å². The van der Waals surface area contributed by atoms with Gasteiger partial charge in [-0.2, -0.15) is 0 Å². The maximum absolute atomic E-state index is 13.8. The van der Waals surface area contributed by atoms with Crippen molar-refractivity contribution >= 4 is 40.4 Å². The monoisotopic (exact) mass is 446 g/mol. The topological polar surface area (TPSA) is 62.6 Å². The third-order valence-electron chi connectivity index (χ3n) is 5.15. The van der Waals surface area contributed by atoms with Gasteiger partial charge in [0.2, 0.25) is 5.91 Å². The molecule has 0 unspecified atom stereocenters. The molecule has 1 atom stereocenters. The van der Waals surface area contributed by atoms with E-state index in [1.54, 1.807) is 12.1 Å². The Kier molecular flexibility index (Phi) is 6.20. The summed E-state index contributed by atoms with van der Waals surface area (Å²) in [5.41, 5.74) is 0.308. The maximum atomic E-state index is 13.8. The highest BCUT2D eigenvalue weighted by Gasteiger charge is 2.36. The number of nitrogens with one attached hydrogen (secondary N) is 1. The van der Waals surface area contributed by atoms with E-state index in [9.17, 15) is 14.0 Å². The average Bonchev–Trinajstić information content (AvgIpc) is 3.50. The molecule has 1 saturated carbocycles. The van der Waals surface area contributed by atoms with Crippen molar-refractivity contribution in [3.63, 3.8) is 0 Å². The van der Waals surface area contributed by atoms with Crippen LogP contribution in [-0.2, 0) is 4.79 Å². The van der Waals surface area contributed by atoms with E-state index in [1.165, 1.54) is 46.8 Å². The summed E-state index contributed by atoms with van der Waals surface area (Å²) >= 11 is 7.37. The molecule has 0 bridgehead atoms. The van der Waals surface area contributed by atoms with E-state index in [-0.39, 0.29) is 22.7 Å². The Labute approximate surface area is 182 Å². The number of anilines is 1. The minimum absolute atomic E-state index is 0.0747. The normalized spacial score (nSPS) is 15.1. The Morgan fingerprint density at radius 3 is 2.63 bits per heavy atom. The van der Waals surface area contributed by atoms with Crippen molar-refractivity contribution in [2.24, 2.45) is 0 Å². The fraction of sp³-hybridized carbons (Fsp3) is 0.273. The minimum Gasteiger partial charge on any atom is -0.459 e. The standard InChI is InChI=1S/C22H20ClFN2O3S/c23-16-13-15(9-10-17(16)24)26(22(28)18-7-3-11-29-18)20(19-8-4-12-30-19)21(27)25-14-5-1-2-6-14/h3-4,7-14,20H,1-2,5-6H2,(H,25,27)/t20-/m1/s1. The van der Waals surface area contributed by atoms with Crippen molar-refractivity contribution < 1.29 is 18.4 Å². The first-order valence-electron chi connectivity index (χ1n) is 9.70. The number of nitrogens with zero attached hydrogens (tertiary/aromatic N) is 1. The van der Waals surface area contributed by atoms with Gasteiger partial charge < -0.3 is 9.73 Å². The lowest BCUT2D eigenvalue weighted by molar-refractivity contribution is -0.123. The molecule has 0 radical (unpaired) electrons. The van der Waals surface area contributed by atoms with Crippen molar-refractivity contribution in [1.82, 2.24) is 5.32 Å². The minimum atomic E-state index is -0.940. The van der Waals surface area contributed by atoms with Crippen LogP contribution in [0.1, 0.15) is 47.2 Å². The Morgan fingerprint density at radius 1 is 1.20 bits per heavy atom. The molecular weight excluding hydrogens is 427 g/mol. The van der Waals surface area contributed by atoms with Gasteiger partial charge in [0.1, 0.15) is 5.82 Å². The summed E-state index contributed by atoms with van der Waals surface area (Å²) in [4.78, 5) is 28.8. The summed E-state index contributed by atoms with van der Waals surface area (Å²) in [6.07, 6.45) is 5.35. The van der Waals surface area contributed by atoms with Gasteiger partial charge >= 0.3 is 0 Å². The van der Waals surface area contributed by atoms with Crippen LogP contribution in [0.2, 0.25) is 5.02 Å². The number of rotatable bonds is 6. The Bertz CT molecular complexity index is 1020. The van der Waals surface area contributed by atoms with Gasteiger partial charge in [-0.15, -0.1) is 11.3 Å². The molecule has 1 aliphatic carbocycles. The first-order valence-corrected chi connectivity index (χ1v) is 11.0. The zero-order valence-electron chi connectivity index (χ0n) is 16.0. The number of amides is 2. The quantitative estimate of drug-likeness (QED) is 0.537. The number of carbonyl (C=O) groups is 2. The van der Waals surface area contributed by atoms with Crippen LogP contribution in [0, 0.1) is 5.82 Å². The summed E-state index contributed by atoms with van der Waals surface area (Å²) in [5, 5.41) is 4.79. The van der Waals surface area contributed by atoms with Gasteiger partial charge in [0.05, 0.1) is 11.3 Å². The predicted octanol–water partition coefficient (Wildman–Crippen LogP) is 5.58. The lowest BCUT2D eigenvalue weighted by Gasteiger charge is -2.31. The molecule has 1 N–H and O–H groups in total.